The van der Waals surface area contributed by atoms with Crippen LogP contribution < -0.4 is 0 Å². The minimum Gasteiger partial charge on any atom is -0.455 e. The van der Waals surface area contributed by atoms with Crippen molar-refractivity contribution in [3.63, 3.8) is 0 Å². The minimum atomic E-state index is 0.564. The number of hydrogen-bond donors (Lipinski definition) is 0. The predicted molar refractivity (Wildman–Crippen MR) is 230 cm³/mol. The summed E-state index contributed by atoms with van der Waals surface area (Å²) in [6.07, 6.45) is 6.47. The fourth-order valence-corrected chi connectivity index (χ4v) is 8.84. The molecule has 0 spiro atoms. The van der Waals surface area contributed by atoms with Gasteiger partial charge in [0.05, 0.1) is 16.8 Å². The monoisotopic (exact) mass is 716 g/mol. The van der Waals surface area contributed by atoms with E-state index >= 15 is 0 Å². The van der Waals surface area contributed by atoms with Crippen LogP contribution in [0.4, 0.5) is 0 Å². The van der Waals surface area contributed by atoms with Gasteiger partial charge < -0.3 is 8.98 Å². The summed E-state index contributed by atoms with van der Waals surface area (Å²) in [6, 6.07) is 55.6. The maximum atomic E-state index is 7.03. The van der Waals surface area contributed by atoms with E-state index in [4.69, 9.17) is 19.4 Å². The van der Waals surface area contributed by atoms with Crippen LogP contribution in [0.2, 0.25) is 0 Å². The van der Waals surface area contributed by atoms with E-state index in [1.165, 1.54) is 38.2 Å². The Balaban J connectivity index is 1.23. The van der Waals surface area contributed by atoms with E-state index in [0.29, 0.717) is 17.5 Å². The van der Waals surface area contributed by atoms with E-state index in [9.17, 15) is 0 Å². The van der Waals surface area contributed by atoms with Crippen molar-refractivity contribution < 1.29 is 4.42 Å². The maximum absolute atomic E-state index is 7.03. The lowest BCUT2D eigenvalue weighted by Gasteiger charge is -2.18. The molecule has 0 amide bonds. The number of rotatable bonds is 4. The lowest BCUT2D eigenvalue weighted by molar-refractivity contribution is 0.669. The fourth-order valence-electron chi connectivity index (χ4n) is 8.84. The fraction of sp³-hybridized carbons (Fsp3) is 0.0392. The number of allylic oxidation sites excluding steroid dienone is 1. The summed E-state index contributed by atoms with van der Waals surface area (Å²) in [5.74, 6) is 1.78. The number of aromatic nitrogens is 4. The third kappa shape index (κ3) is 4.71. The largest absolute Gasteiger partial charge is 0.455 e. The molecule has 8 aromatic carbocycles. The zero-order valence-corrected chi connectivity index (χ0v) is 30.3. The lowest BCUT2D eigenvalue weighted by atomic mass is 10.00. The molecule has 0 radical (unpaired) electrons. The third-order valence-electron chi connectivity index (χ3n) is 11.5. The Morgan fingerprint density at radius 2 is 1.18 bits per heavy atom. The second-order valence-electron chi connectivity index (χ2n) is 14.7. The van der Waals surface area contributed by atoms with Crippen molar-refractivity contribution in [1.82, 2.24) is 19.5 Å². The van der Waals surface area contributed by atoms with Crippen LogP contribution in [-0.2, 0) is 6.42 Å². The van der Waals surface area contributed by atoms with Crippen LogP contribution in [0.3, 0.4) is 0 Å². The summed E-state index contributed by atoms with van der Waals surface area (Å²) < 4.78 is 9.48. The van der Waals surface area contributed by atoms with Crippen molar-refractivity contribution in [3.8, 4) is 39.9 Å². The maximum Gasteiger partial charge on any atom is 0.170 e. The van der Waals surface area contributed by atoms with Gasteiger partial charge in [-0.2, -0.15) is 0 Å². The Morgan fingerprint density at radius 3 is 2.02 bits per heavy atom. The molecule has 1 aliphatic rings. The van der Waals surface area contributed by atoms with Gasteiger partial charge in [-0.1, -0.05) is 133 Å². The molecule has 0 N–H and O–H groups in total. The van der Waals surface area contributed by atoms with Crippen molar-refractivity contribution >= 4 is 71.2 Å². The van der Waals surface area contributed by atoms with Crippen molar-refractivity contribution in [3.05, 3.63) is 175 Å². The van der Waals surface area contributed by atoms with Gasteiger partial charge in [0.15, 0.2) is 17.5 Å². The van der Waals surface area contributed by atoms with E-state index in [-0.39, 0.29) is 0 Å². The highest BCUT2D eigenvalue weighted by Gasteiger charge is 2.27. The molecule has 0 unspecified atom stereocenters. The van der Waals surface area contributed by atoms with Gasteiger partial charge in [-0.25, -0.2) is 15.0 Å². The van der Waals surface area contributed by atoms with Gasteiger partial charge in [0.1, 0.15) is 11.2 Å². The van der Waals surface area contributed by atoms with Crippen LogP contribution in [-0.4, -0.2) is 19.5 Å². The highest BCUT2D eigenvalue weighted by molar-refractivity contribution is 6.21. The van der Waals surface area contributed by atoms with Crippen LogP contribution in [0.15, 0.2) is 168 Å². The van der Waals surface area contributed by atoms with Crippen LogP contribution in [0, 0.1) is 0 Å². The average molecular weight is 717 g/mol. The Morgan fingerprint density at radius 1 is 0.500 bits per heavy atom. The first-order chi connectivity index (χ1) is 27.7. The highest BCUT2D eigenvalue weighted by atomic mass is 16.3. The van der Waals surface area contributed by atoms with Gasteiger partial charge in [-0.05, 0) is 81.6 Å². The molecular weight excluding hydrogens is 685 g/mol. The Labute approximate surface area is 321 Å². The summed E-state index contributed by atoms with van der Waals surface area (Å²) in [6.45, 7) is 0. The van der Waals surface area contributed by atoms with Gasteiger partial charge >= 0.3 is 0 Å². The molecule has 0 aliphatic heterocycles. The summed E-state index contributed by atoms with van der Waals surface area (Å²) in [5.41, 5.74) is 8.93. The summed E-state index contributed by atoms with van der Waals surface area (Å²) in [7, 11) is 0. The van der Waals surface area contributed by atoms with Gasteiger partial charge in [-0.3, -0.25) is 0 Å². The summed E-state index contributed by atoms with van der Waals surface area (Å²) in [4.78, 5) is 15.9. The molecule has 0 saturated carbocycles. The highest BCUT2D eigenvalue weighted by Crippen LogP contribution is 2.45. The van der Waals surface area contributed by atoms with Crippen molar-refractivity contribution in [2.75, 3.05) is 0 Å². The molecule has 0 bridgehead atoms. The van der Waals surface area contributed by atoms with Crippen molar-refractivity contribution in [1.29, 1.82) is 0 Å². The Hall–Kier alpha value is -7.37. The third-order valence-corrected chi connectivity index (χ3v) is 11.5. The van der Waals surface area contributed by atoms with Crippen molar-refractivity contribution in [2.24, 2.45) is 0 Å². The molecule has 0 saturated heterocycles. The normalized spacial score (nSPS) is 12.8. The average Bonchev–Trinajstić information content (AvgIpc) is 3.81. The molecule has 1 aliphatic carbocycles. The van der Waals surface area contributed by atoms with Crippen LogP contribution in [0.5, 0.6) is 0 Å². The van der Waals surface area contributed by atoms with E-state index in [0.717, 1.165) is 73.4 Å². The number of fused-ring (bicyclic) bond motifs is 10. The number of furan rings is 1. The molecule has 0 fully saturated rings. The van der Waals surface area contributed by atoms with E-state index in [2.05, 4.69) is 156 Å². The van der Waals surface area contributed by atoms with Gasteiger partial charge in [0.25, 0.3) is 0 Å². The molecule has 12 rings (SSSR count). The number of nitrogens with zero attached hydrogens (tertiary/aromatic N) is 4. The molecular formula is C51H32N4O. The summed E-state index contributed by atoms with van der Waals surface area (Å²) >= 11 is 0. The second kappa shape index (κ2) is 12.1. The Bertz CT molecular complexity index is 3430. The number of benzene rings is 8. The minimum absolute atomic E-state index is 0.564. The molecule has 56 heavy (non-hydrogen) atoms. The van der Waals surface area contributed by atoms with Gasteiger partial charge in [-0.15, -0.1) is 0 Å². The zero-order valence-electron chi connectivity index (χ0n) is 30.3. The molecule has 3 heterocycles. The second-order valence-corrected chi connectivity index (χ2v) is 14.7. The topological polar surface area (TPSA) is 56.7 Å². The molecule has 3 aromatic heterocycles. The van der Waals surface area contributed by atoms with Crippen LogP contribution >= 0.6 is 0 Å². The zero-order chi connectivity index (χ0) is 36.7. The molecule has 262 valence electrons. The summed E-state index contributed by atoms with van der Waals surface area (Å²) in [5, 5.41) is 10.4. The van der Waals surface area contributed by atoms with E-state index < -0.39 is 0 Å². The molecule has 0 atom stereocenters. The van der Waals surface area contributed by atoms with E-state index in [1.54, 1.807) is 0 Å². The van der Waals surface area contributed by atoms with Crippen molar-refractivity contribution in [2.45, 2.75) is 12.8 Å². The first-order valence-electron chi connectivity index (χ1n) is 19.2. The quantitative estimate of drug-likeness (QED) is 0.182. The molecule has 11 aromatic rings. The first-order valence-corrected chi connectivity index (χ1v) is 19.2. The smallest absolute Gasteiger partial charge is 0.170 e. The molecule has 5 nitrogen and oxygen atoms in total. The van der Waals surface area contributed by atoms with Crippen LogP contribution in [0.1, 0.15) is 17.7 Å². The first kappa shape index (κ1) is 31.0. The predicted octanol–water partition coefficient (Wildman–Crippen LogP) is 13.1. The Kier molecular flexibility index (Phi) is 6.69. The van der Waals surface area contributed by atoms with Gasteiger partial charge in [0, 0.05) is 38.5 Å². The molecule has 5 heteroatoms. The standard InChI is InChI=1S/C51H32N4O/c1-2-14-33(15-3-1)49-52-50(37-23-22-31-12-4-5-16-34(31)28-37)54-51(53-49)47-43(26-25-40-46-38-19-9-8-13-32(38)24-27-45(46)56-48(40)47)55-42-21-11-10-20-39(42)41-29-35-17-6-7-18-36(35)30-44(41)55/h1-10,12-20,22-30H,11,21H2. The lowest BCUT2D eigenvalue weighted by Crippen LogP contribution is -2.07. The SMILES string of the molecule is C1=Cc2c(n(-c3ccc4c(oc5ccc6ccccc6c54)c3-c3nc(-c4ccccc4)nc(-c4ccc5ccccc5c4)n3)c3cc4ccccc4cc23)CC1. The number of hydrogen-bond acceptors (Lipinski definition) is 4. The van der Waals surface area contributed by atoms with Gasteiger partial charge in [0.2, 0.25) is 0 Å². The van der Waals surface area contributed by atoms with E-state index in [1.807, 2.05) is 18.2 Å². The van der Waals surface area contributed by atoms with Crippen LogP contribution in [0.25, 0.3) is 111 Å².